The number of carboxylic acids is 1. The molecule has 7 nitrogen and oxygen atoms in total. The van der Waals surface area contributed by atoms with Crippen LogP contribution in [0, 0.1) is 0 Å². The predicted octanol–water partition coefficient (Wildman–Crippen LogP) is 0.0954. The molecule has 2 N–H and O–H groups in total. The minimum atomic E-state index is -1.84. The zero-order valence-corrected chi connectivity index (χ0v) is 10.8. The van der Waals surface area contributed by atoms with Crippen molar-refractivity contribution in [1.82, 2.24) is 0 Å². The van der Waals surface area contributed by atoms with Crippen molar-refractivity contribution < 1.29 is 34.1 Å². The number of ether oxygens (including phenoxy) is 2. The number of esters is 2. The van der Waals surface area contributed by atoms with Gasteiger partial charge in [-0.25, -0.2) is 9.59 Å². The lowest BCUT2D eigenvalue weighted by Crippen LogP contribution is -2.34. The first-order valence-corrected chi connectivity index (χ1v) is 5.36. The lowest BCUT2D eigenvalue weighted by Gasteiger charge is -2.22. The highest BCUT2D eigenvalue weighted by molar-refractivity contribution is 5.83. The van der Waals surface area contributed by atoms with Crippen LogP contribution in [-0.2, 0) is 23.9 Å². The summed E-state index contributed by atoms with van der Waals surface area (Å²) in [6.45, 7) is 6.29. The van der Waals surface area contributed by atoms with E-state index in [0.29, 0.717) is 0 Å². The van der Waals surface area contributed by atoms with Gasteiger partial charge in [0.2, 0.25) is 0 Å². The molecular weight excluding hydrogens is 244 g/mol. The Balaban J connectivity index is 4.23. The van der Waals surface area contributed by atoms with Crippen LogP contribution in [0.3, 0.4) is 0 Å². The van der Waals surface area contributed by atoms with Gasteiger partial charge in [-0.3, -0.25) is 4.79 Å². The normalized spacial score (nSPS) is 14.5. The lowest BCUT2D eigenvalue weighted by molar-refractivity contribution is -0.176. The number of hydrogen-bond donors (Lipinski definition) is 2. The molecule has 0 aliphatic rings. The molecule has 0 fully saturated rings. The molecular formula is C11H18O7. The van der Waals surface area contributed by atoms with Gasteiger partial charge in [0.15, 0.2) is 12.2 Å². The van der Waals surface area contributed by atoms with E-state index in [9.17, 15) is 14.4 Å². The largest absolute Gasteiger partial charge is 0.479 e. The molecule has 1 unspecified atom stereocenters. The zero-order valence-electron chi connectivity index (χ0n) is 10.8. The van der Waals surface area contributed by atoms with E-state index >= 15 is 0 Å². The van der Waals surface area contributed by atoms with E-state index in [2.05, 4.69) is 4.74 Å². The van der Waals surface area contributed by atoms with Gasteiger partial charge in [-0.1, -0.05) is 0 Å². The number of aliphatic hydroxyl groups excluding tert-OH is 1. The number of aliphatic carboxylic acids is 1. The Hall–Kier alpha value is -1.63. The van der Waals surface area contributed by atoms with Crippen LogP contribution in [-0.4, -0.2) is 45.9 Å². The maximum Gasteiger partial charge on any atom is 0.347 e. The molecule has 18 heavy (non-hydrogen) atoms. The molecule has 0 aromatic rings. The first kappa shape index (κ1) is 16.4. The number of carbonyl (C=O) groups is 3. The van der Waals surface area contributed by atoms with E-state index in [0.717, 1.165) is 0 Å². The third-order valence-corrected chi connectivity index (χ3v) is 1.69. The molecule has 0 radical (unpaired) electrons. The highest BCUT2D eigenvalue weighted by Gasteiger charge is 2.26. The average molecular weight is 262 g/mol. The van der Waals surface area contributed by atoms with Gasteiger partial charge in [-0.2, -0.15) is 0 Å². The van der Waals surface area contributed by atoms with Crippen LogP contribution in [0.5, 0.6) is 0 Å². The number of aliphatic hydroxyl groups is 1. The van der Waals surface area contributed by atoms with Crippen LogP contribution in [0.25, 0.3) is 0 Å². The second-order valence-corrected chi connectivity index (χ2v) is 4.72. The molecule has 0 saturated carbocycles. The monoisotopic (exact) mass is 262 g/mol. The van der Waals surface area contributed by atoms with Crippen molar-refractivity contribution in [1.29, 1.82) is 0 Å². The quantitative estimate of drug-likeness (QED) is 0.676. The third-order valence-electron chi connectivity index (χ3n) is 1.69. The Morgan fingerprint density at radius 1 is 1.22 bits per heavy atom. The fraction of sp³-hybridized carbons (Fsp3) is 0.727. The fourth-order valence-electron chi connectivity index (χ4n) is 0.923. The lowest BCUT2D eigenvalue weighted by atomic mass is 10.2. The average Bonchev–Trinajstić information content (AvgIpc) is 2.14. The zero-order chi connectivity index (χ0) is 14.5. The maximum absolute atomic E-state index is 11.4. The SMILES string of the molecule is C[C@H](OC(=O)CC(O)C(=O)O)C(=O)OC(C)(C)C. The number of carboxylic acid groups (broad SMARTS) is 1. The second-order valence-electron chi connectivity index (χ2n) is 4.72. The van der Waals surface area contributed by atoms with E-state index in [-0.39, 0.29) is 0 Å². The maximum atomic E-state index is 11.4. The number of rotatable bonds is 5. The van der Waals surface area contributed by atoms with Crippen molar-refractivity contribution in [3.8, 4) is 0 Å². The third kappa shape index (κ3) is 6.85. The van der Waals surface area contributed by atoms with Gasteiger partial charge in [-0.05, 0) is 27.7 Å². The van der Waals surface area contributed by atoms with Gasteiger partial charge in [0.05, 0.1) is 6.42 Å². The summed E-state index contributed by atoms with van der Waals surface area (Å²) >= 11 is 0. The van der Waals surface area contributed by atoms with Gasteiger partial charge in [0.25, 0.3) is 0 Å². The van der Waals surface area contributed by atoms with Crippen molar-refractivity contribution in [2.75, 3.05) is 0 Å². The van der Waals surface area contributed by atoms with Gasteiger partial charge < -0.3 is 19.7 Å². The fourth-order valence-corrected chi connectivity index (χ4v) is 0.923. The number of hydrogen-bond acceptors (Lipinski definition) is 6. The molecule has 7 heteroatoms. The molecule has 0 aromatic carbocycles. The van der Waals surface area contributed by atoms with Crippen molar-refractivity contribution in [3.05, 3.63) is 0 Å². The second kappa shape index (κ2) is 6.34. The van der Waals surface area contributed by atoms with E-state index in [1.807, 2.05) is 0 Å². The molecule has 0 bridgehead atoms. The van der Waals surface area contributed by atoms with Crippen molar-refractivity contribution in [3.63, 3.8) is 0 Å². The summed E-state index contributed by atoms with van der Waals surface area (Å²) in [7, 11) is 0. The Bertz CT molecular complexity index is 329. The summed E-state index contributed by atoms with van der Waals surface area (Å²) in [5.74, 6) is -3.25. The predicted molar refractivity (Wildman–Crippen MR) is 59.7 cm³/mol. The molecule has 0 heterocycles. The first-order chi connectivity index (χ1) is 8.03. The molecule has 0 aliphatic carbocycles. The van der Waals surface area contributed by atoms with Crippen LogP contribution >= 0.6 is 0 Å². The van der Waals surface area contributed by atoms with Crippen LogP contribution < -0.4 is 0 Å². The molecule has 0 rings (SSSR count). The molecule has 2 atom stereocenters. The molecule has 0 aromatic heterocycles. The standard InChI is InChI=1S/C11H18O7/c1-6(10(16)18-11(2,3)4)17-8(13)5-7(12)9(14)15/h6-7,12H,5H2,1-4H3,(H,14,15)/t6-,7?/m0/s1. The Kier molecular flexibility index (Phi) is 5.77. The van der Waals surface area contributed by atoms with Crippen molar-refractivity contribution in [2.45, 2.75) is 51.9 Å². The van der Waals surface area contributed by atoms with Crippen LogP contribution in [0.4, 0.5) is 0 Å². The Morgan fingerprint density at radius 2 is 1.72 bits per heavy atom. The molecule has 0 amide bonds. The van der Waals surface area contributed by atoms with E-state index in [4.69, 9.17) is 14.9 Å². The minimum Gasteiger partial charge on any atom is -0.479 e. The summed E-state index contributed by atoms with van der Waals surface area (Å²) in [5, 5.41) is 17.3. The number of carbonyl (C=O) groups excluding carboxylic acids is 2. The topological polar surface area (TPSA) is 110 Å². The van der Waals surface area contributed by atoms with Crippen LogP contribution in [0.2, 0.25) is 0 Å². The van der Waals surface area contributed by atoms with Crippen LogP contribution in [0.15, 0.2) is 0 Å². The van der Waals surface area contributed by atoms with Crippen LogP contribution in [0.1, 0.15) is 34.1 Å². The summed E-state index contributed by atoms with van der Waals surface area (Å²) in [6, 6.07) is 0. The summed E-state index contributed by atoms with van der Waals surface area (Å²) in [4.78, 5) is 32.9. The molecule has 0 aliphatic heterocycles. The summed E-state index contributed by atoms with van der Waals surface area (Å²) in [5.41, 5.74) is -0.710. The molecule has 0 saturated heterocycles. The highest BCUT2D eigenvalue weighted by atomic mass is 16.6. The van der Waals surface area contributed by atoms with Gasteiger partial charge >= 0.3 is 17.9 Å². The summed E-state index contributed by atoms with van der Waals surface area (Å²) < 4.78 is 9.60. The van der Waals surface area contributed by atoms with E-state index in [1.54, 1.807) is 20.8 Å². The first-order valence-electron chi connectivity index (χ1n) is 5.36. The smallest absolute Gasteiger partial charge is 0.347 e. The minimum absolute atomic E-state index is 0.710. The Labute approximate surface area is 105 Å². The highest BCUT2D eigenvalue weighted by Crippen LogP contribution is 2.10. The van der Waals surface area contributed by atoms with Crippen molar-refractivity contribution in [2.24, 2.45) is 0 Å². The van der Waals surface area contributed by atoms with Gasteiger partial charge in [0.1, 0.15) is 5.60 Å². The van der Waals surface area contributed by atoms with E-state index in [1.165, 1.54) is 6.92 Å². The van der Waals surface area contributed by atoms with Gasteiger partial charge in [-0.15, -0.1) is 0 Å². The summed E-state index contributed by atoms with van der Waals surface area (Å²) in [6.07, 6.45) is -3.72. The Morgan fingerprint density at radius 3 is 2.11 bits per heavy atom. The van der Waals surface area contributed by atoms with E-state index < -0.39 is 42.1 Å². The molecule has 104 valence electrons. The van der Waals surface area contributed by atoms with Crippen molar-refractivity contribution >= 4 is 17.9 Å². The molecule has 0 spiro atoms. The van der Waals surface area contributed by atoms with Gasteiger partial charge in [0, 0.05) is 0 Å².